The van der Waals surface area contributed by atoms with Crippen LogP contribution in [-0.2, 0) is 4.79 Å². The Bertz CT molecular complexity index is 1700. The minimum atomic E-state index is -1.17. The number of hydrogen-bond donors (Lipinski definition) is 3. The van der Waals surface area contributed by atoms with Crippen LogP contribution >= 0.6 is 0 Å². The molecule has 1 saturated heterocycles. The molecule has 0 spiro atoms. The molecule has 1 amide bonds. The SMILES string of the molecule is C=CC(=O)Nc1cccc(N2c3nc(Nc4ccc(N5CCN(C)CC5)cc4OC)ncc3N=C(c3ccccc3)C2O)c1. The summed E-state index contributed by atoms with van der Waals surface area (Å²) >= 11 is 0. The molecule has 1 fully saturated rings. The molecule has 44 heavy (non-hydrogen) atoms. The maximum atomic E-state index is 12.0. The quantitative estimate of drug-likeness (QED) is 0.251. The van der Waals surface area contributed by atoms with Gasteiger partial charge < -0.3 is 30.3 Å². The van der Waals surface area contributed by atoms with E-state index >= 15 is 0 Å². The molecule has 1 aromatic heterocycles. The molecular formula is C33H34N8O3. The monoisotopic (exact) mass is 590 g/mol. The highest BCUT2D eigenvalue weighted by Gasteiger charge is 2.33. The number of anilines is 6. The molecule has 0 radical (unpaired) electrons. The van der Waals surface area contributed by atoms with Crippen molar-refractivity contribution in [1.82, 2.24) is 14.9 Å². The van der Waals surface area contributed by atoms with Gasteiger partial charge in [-0.1, -0.05) is 43.0 Å². The zero-order chi connectivity index (χ0) is 30.6. The summed E-state index contributed by atoms with van der Waals surface area (Å²) in [5.41, 5.74) is 4.63. The molecule has 0 aliphatic carbocycles. The lowest BCUT2D eigenvalue weighted by atomic mass is 10.1. The van der Waals surface area contributed by atoms with E-state index < -0.39 is 6.23 Å². The van der Waals surface area contributed by atoms with Crippen LogP contribution in [0.25, 0.3) is 0 Å². The Balaban J connectivity index is 1.36. The van der Waals surface area contributed by atoms with Crippen LogP contribution in [0.4, 0.5) is 40.2 Å². The van der Waals surface area contributed by atoms with Gasteiger partial charge in [0.1, 0.15) is 11.4 Å². The average molecular weight is 591 g/mol. The Hall–Kier alpha value is -5.26. The van der Waals surface area contributed by atoms with E-state index in [0.717, 1.165) is 37.4 Å². The van der Waals surface area contributed by atoms with E-state index in [1.165, 1.54) is 6.08 Å². The number of benzene rings is 3. The van der Waals surface area contributed by atoms with Crippen molar-refractivity contribution in [2.75, 3.05) is 60.8 Å². The summed E-state index contributed by atoms with van der Waals surface area (Å²) in [5, 5.41) is 17.8. The molecule has 11 heteroatoms. The van der Waals surface area contributed by atoms with Crippen LogP contribution in [-0.4, -0.2) is 78.2 Å². The fourth-order valence-corrected chi connectivity index (χ4v) is 5.29. The van der Waals surface area contributed by atoms with Crippen LogP contribution in [0.2, 0.25) is 0 Å². The largest absolute Gasteiger partial charge is 0.494 e. The number of rotatable bonds is 8. The lowest BCUT2D eigenvalue weighted by molar-refractivity contribution is -0.111. The number of carbonyl (C=O) groups is 1. The number of carbonyl (C=O) groups excluding carboxylic acids is 1. The van der Waals surface area contributed by atoms with E-state index in [-0.39, 0.29) is 5.91 Å². The first-order valence-corrected chi connectivity index (χ1v) is 14.3. The van der Waals surface area contributed by atoms with Crippen LogP contribution in [0.3, 0.4) is 0 Å². The van der Waals surface area contributed by atoms with Gasteiger partial charge >= 0.3 is 0 Å². The second kappa shape index (κ2) is 12.5. The minimum Gasteiger partial charge on any atom is -0.494 e. The minimum absolute atomic E-state index is 0.307. The Labute approximate surface area is 256 Å². The number of likely N-dealkylation sites (N-methyl/N-ethyl adjacent to an activating group) is 1. The van der Waals surface area contributed by atoms with Crippen LogP contribution in [0.1, 0.15) is 5.56 Å². The van der Waals surface area contributed by atoms with Crippen molar-refractivity contribution in [2.45, 2.75) is 6.23 Å². The first-order valence-electron chi connectivity index (χ1n) is 14.3. The van der Waals surface area contributed by atoms with Crippen molar-refractivity contribution in [3.63, 3.8) is 0 Å². The van der Waals surface area contributed by atoms with E-state index in [9.17, 15) is 9.90 Å². The summed E-state index contributed by atoms with van der Waals surface area (Å²) in [7, 11) is 3.77. The number of piperazine rings is 1. The molecule has 1 unspecified atom stereocenters. The number of aliphatic imine (C=N–C) groups is 1. The zero-order valence-corrected chi connectivity index (χ0v) is 24.6. The van der Waals surface area contributed by atoms with Crippen molar-refractivity contribution in [2.24, 2.45) is 4.99 Å². The molecule has 1 atom stereocenters. The molecule has 3 heterocycles. The van der Waals surface area contributed by atoms with Gasteiger partial charge in [0, 0.05) is 54.9 Å². The Morgan fingerprint density at radius 2 is 1.82 bits per heavy atom. The number of amides is 1. The molecule has 0 bridgehead atoms. The number of aliphatic hydroxyl groups is 1. The Kier molecular flexibility index (Phi) is 8.22. The van der Waals surface area contributed by atoms with Crippen molar-refractivity contribution in [3.05, 3.63) is 97.2 Å². The van der Waals surface area contributed by atoms with Gasteiger partial charge in [0.2, 0.25) is 11.9 Å². The zero-order valence-electron chi connectivity index (χ0n) is 24.6. The number of nitrogens with zero attached hydrogens (tertiary/aromatic N) is 6. The standard InChI is InChI=1S/C33H34N8O3/c1-4-29(42)35-23-11-8-12-25(19-23)41-31-27(36-30(32(41)43)22-9-6-5-7-10-22)21-34-33(38-31)37-26-14-13-24(20-28(26)44-3)40-17-15-39(2)16-18-40/h4-14,19-21,32,43H,1,15-18H2,2-3H3,(H,35,42)(H,34,37,38). The van der Waals surface area contributed by atoms with Crippen molar-refractivity contribution in [3.8, 4) is 5.75 Å². The number of aromatic nitrogens is 2. The maximum absolute atomic E-state index is 12.0. The Morgan fingerprint density at radius 1 is 1.02 bits per heavy atom. The first-order chi connectivity index (χ1) is 21.4. The van der Waals surface area contributed by atoms with E-state index in [4.69, 9.17) is 14.7 Å². The predicted octanol–water partition coefficient (Wildman–Crippen LogP) is 4.70. The fourth-order valence-electron chi connectivity index (χ4n) is 5.29. The third kappa shape index (κ3) is 5.96. The van der Waals surface area contributed by atoms with Gasteiger partial charge in [-0.05, 0) is 43.5 Å². The van der Waals surface area contributed by atoms with Crippen LogP contribution in [0.15, 0.2) is 96.6 Å². The van der Waals surface area contributed by atoms with Gasteiger partial charge in [-0.3, -0.25) is 9.69 Å². The third-order valence-electron chi connectivity index (χ3n) is 7.66. The summed E-state index contributed by atoms with van der Waals surface area (Å²) in [6.45, 7) is 7.43. The summed E-state index contributed by atoms with van der Waals surface area (Å²) < 4.78 is 5.74. The fraction of sp³-hybridized carbons (Fsp3) is 0.212. The number of aliphatic hydroxyl groups excluding tert-OH is 1. The molecule has 0 saturated carbocycles. The summed E-state index contributed by atoms with van der Waals surface area (Å²) in [5.74, 6) is 1.03. The van der Waals surface area contributed by atoms with Gasteiger partial charge in [0.25, 0.3) is 0 Å². The van der Waals surface area contributed by atoms with E-state index in [0.29, 0.717) is 46.0 Å². The van der Waals surface area contributed by atoms with Crippen LogP contribution < -0.4 is 25.2 Å². The Morgan fingerprint density at radius 3 is 2.57 bits per heavy atom. The van der Waals surface area contributed by atoms with Gasteiger partial charge in [-0.25, -0.2) is 9.98 Å². The molecule has 2 aliphatic heterocycles. The van der Waals surface area contributed by atoms with Crippen LogP contribution in [0.5, 0.6) is 5.75 Å². The summed E-state index contributed by atoms with van der Waals surface area (Å²) in [6.07, 6.45) is 1.66. The molecule has 6 rings (SSSR count). The molecule has 3 aromatic carbocycles. The van der Waals surface area contributed by atoms with Crippen molar-refractivity contribution in [1.29, 1.82) is 0 Å². The molecule has 3 N–H and O–H groups in total. The van der Waals surface area contributed by atoms with Gasteiger partial charge in [0.05, 0.1) is 24.7 Å². The highest BCUT2D eigenvalue weighted by Crippen LogP contribution is 2.40. The molecule has 2 aliphatic rings. The van der Waals surface area contributed by atoms with E-state index in [1.54, 1.807) is 36.4 Å². The summed E-state index contributed by atoms with van der Waals surface area (Å²) in [6, 6.07) is 22.7. The number of ether oxygens (including phenoxy) is 1. The number of nitrogens with one attached hydrogen (secondary N) is 2. The normalized spacial score (nSPS) is 16.5. The molecule has 4 aromatic rings. The smallest absolute Gasteiger partial charge is 0.247 e. The maximum Gasteiger partial charge on any atom is 0.247 e. The first kappa shape index (κ1) is 28.8. The van der Waals surface area contributed by atoms with Crippen LogP contribution in [0, 0.1) is 0 Å². The second-order valence-corrected chi connectivity index (χ2v) is 10.6. The lowest BCUT2D eigenvalue weighted by Crippen LogP contribution is -2.44. The molecule has 11 nitrogen and oxygen atoms in total. The molecule has 224 valence electrons. The van der Waals surface area contributed by atoms with Crippen molar-refractivity contribution < 1.29 is 14.6 Å². The highest BCUT2D eigenvalue weighted by atomic mass is 16.5. The van der Waals surface area contributed by atoms with E-state index in [1.807, 2.05) is 48.5 Å². The van der Waals surface area contributed by atoms with Gasteiger partial charge in [0.15, 0.2) is 12.0 Å². The van der Waals surface area contributed by atoms with E-state index in [2.05, 4.69) is 45.1 Å². The average Bonchev–Trinajstić information content (AvgIpc) is 3.05. The number of fused-ring (bicyclic) bond motifs is 1. The topological polar surface area (TPSA) is 118 Å². The predicted molar refractivity (Wildman–Crippen MR) is 174 cm³/mol. The van der Waals surface area contributed by atoms with Crippen molar-refractivity contribution >= 4 is 51.8 Å². The van der Waals surface area contributed by atoms with Gasteiger partial charge in [-0.2, -0.15) is 4.98 Å². The third-order valence-corrected chi connectivity index (χ3v) is 7.66. The molecular weight excluding hydrogens is 556 g/mol. The second-order valence-electron chi connectivity index (χ2n) is 10.6. The van der Waals surface area contributed by atoms with Gasteiger partial charge in [-0.15, -0.1) is 0 Å². The highest BCUT2D eigenvalue weighted by molar-refractivity contribution is 6.10. The number of methoxy groups -OCH3 is 1. The lowest BCUT2D eigenvalue weighted by Gasteiger charge is -2.34. The number of hydrogen-bond acceptors (Lipinski definition) is 10. The summed E-state index contributed by atoms with van der Waals surface area (Å²) in [4.78, 5) is 32.5.